The summed E-state index contributed by atoms with van der Waals surface area (Å²) in [5, 5.41) is 14.7. The first-order valence-corrected chi connectivity index (χ1v) is 12.5. The highest BCUT2D eigenvalue weighted by atomic mass is 79.9. The highest BCUT2D eigenvalue weighted by Gasteiger charge is 2.13. The summed E-state index contributed by atoms with van der Waals surface area (Å²) in [6, 6.07) is 23.7. The molecule has 0 radical (unpaired) electrons. The third-order valence-corrected chi connectivity index (χ3v) is 6.51. The van der Waals surface area contributed by atoms with E-state index in [2.05, 4.69) is 37.0 Å². The van der Waals surface area contributed by atoms with E-state index in [0.29, 0.717) is 33.6 Å². The van der Waals surface area contributed by atoms with Crippen LogP contribution in [0.5, 0.6) is 0 Å². The van der Waals surface area contributed by atoms with Crippen LogP contribution in [0, 0.1) is 0 Å². The van der Waals surface area contributed by atoms with Crippen molar-refractivity contribution < 1.29 is 4.79 Å². The third-order valence-electron chi connectivity index (χ3n) is 5.37. The fraction of sp³-hybridized carbons (Fsp3) is 0.0385. The van der Waals surface area contributed by atoms with Crippen LogP contribution in [-0.2, 0) is 6.54 Å². The van der Waals surface area contributed by atoms with Crippen LogP contribution < -0.4 is 16.0 Å². The molecular formula is C26H19BrCl2N6O. The molecule has 5 rings (SSSR count). The van der Waals surface area contributed by atoms with Crippen molar-refractivity contribution in [3.63, 3.8) is 0 Å². The standard InChI is InChI=1S/C26H19BrCl2N6O/c27-21-15-31-35-24(13-23(34-25(21)35)20-3-1-2-4-22(20)29)30-14-16-5-9-18(10-6-16)32-26(36)33-19-11-7-17(28)8-12-19/h1-13,15,30H,14H2,(H2,32,33,36). The van der Waals surface area contributed by atoms with Gasteiger partial charge in [0.25, 0.3) is 0 Å². The van der Waals surface area contributed by atoms with Crippen molar-refractivity contribution >= 4 is 68.0 Å². The molecule has 0 unspecified atom stereocenters. The van der Waals surface area contributed by atoms with Gasteiger partial charge in [-0.3, -0.25) is 0 Å². The first kappa shape index (κ1) is 24.1. The van der Waals surface area contributed by atoms with Crippen LogP contribution in [0.1, 0.15) is 5.56 Å². The van der Waals surface area contributed by atoms with Gasteiger partial charge in [0.05, 0.1) is 16.4 Å². The van der Waals surface area contributed by atoms with E-state index in [1.54, 1.807) is 35.0 Å². The molecule has 0 spiro atoms. The van der Waals surface area contributed by atoms with Gasteiger partial charge in [0.15, 0.2) is 5.65 Å². The SMILES string of the molecule is O=C(Nc1ccc(Cl)cc1)Nc1ccc(CNc2cc(-c3ccccc3Cl)nc3c(Br)cnn23)cc1. The van der Waals surface area contributed by atoms with Crippen LogP contribution >= 0.6 is 39.1 Å². The fourth-order valence-electron chi connectivity index (χ4n) is 3.59. The number of amides is 2. The lowest BCUT2D eigenvalue weighted by atomic mass is 10.1. The summed E-state index contributed by atoms with van der Waals surface area (Å²) in [4.78, 5) is 17.0. The monoisotopic (exact) mass is 580 g/mol. The normalized spacial score (nSPS) is 10.9. The minimum Gasteiger partial charge on any atom is -0.366 e. The predicted molar refractivity (Wildman–Crippen MR) is 149 cm³/mol. The van der Waals surface area contributed by atoms with Crippen molar-refractivity contribution in [2.45, 2.75) is 6.54 Å². The molecular weight excluding hydrogens is 563 g/mol. The van der Waals surface area contributed by atoms with E-state index in [1.807, 2.05) is 54.6 Å². The van der Waals surface area contributed by atoms with Crippen molar-refractivity contribution in [1.82, 2.24) is 14.6 Å². The molecule has 3 N–H and O–H groups in total. The van der Waals surface area contributed by atoms with Gasteiger partial charge >= 0.3 is 6.03 Å². The van der Waals surface area contributed by atoms with Gasteiger partial charge in [0.2, 0.25) is 0 Å². The van der Waals surface area contributed by atoms with E-state index in [-0.39, 0.29) is 6.03 Å². The zero-order chi connectivity index (χ0) is 25.1. The summed E-state index contributed by atoms with van der Waals surface area (Å²) in [5.41, 5.74) is 4.61. The van der Waals surface area contributed by atoms with E-state index in [9.17, 15) is 4.79 Å². The number of fused-ring (bicyclic) bond motifs is 1. The second-order valence-corrected chi connectivity index (χ2v) is 9.57. The molecule has 36 heavy (non-hydrogen) atoms. The molecule has 0 aliphatic heterocycles. The van der Waals surface area contributed by atoms with E-state index in [0.717, 1.165) is 27.1 Å². The molecule has 7 nitrogen and oxygen atoms in total. The maximum absolute atomic E-state index is 12.3. The van der Waals surface area contributed by atoms with Crippen molar-refractivity contribution in [3.05, 3.63) is 105 Å². The smallest absolute Gasteiger partial charge is 0.323 e. The lowest BCUT2D eigenvalue weighted by Crippen LogP contribution is -2.19. The van der Waals surface area contributed by atoms with Crippen molar-refractivity contribution in [2.24, 2.45) is 0 Å². The number of benzene rings is 3. The molecule has 0 atom stereocenters. The Balaban J connectivity index is 1.29. The number of carbonyl (C=O) groups excluding carboxylic acids is 1. The van der Waals surface area contributed by atoms with Gasteiger partial charge in [0, 0.05) is 39.6 Å². The summed E-state index contributed by atoms with van der Waals surface area (Å²) in [6.07, 6.45) is 1.71. The van der Waals surface area contributed by atoms with Crippen LogP contribution in [0.25, 0.3) is 16.9 Å². The Morgan fingerprint density at radius 3 is 2.28 bits per heavy atom. The van der Waals surface area contributed by atoms with E-state index >= 15 is 0 Å². The number of anilines is 3. The predicted octanol–water partition coefficient (Wildman–Crippen LogP) is 7.72. The highest BCUT2D eigenvalue weighted by molar-refractivity contribution is 9.10. The van der Waals surface area contributed by atoms with Crippen molar-refractivity contribution in [3.8, 4) is 11.3 Å². The quantitative estimate of drug-likeness (QED) is 0.192. The summed E-state index contributed by atoms with van der Waals surface area (Å²) in [7, 11) is 0. The molecule has 2 aromatic heterocycles. The van der Waals surface area contributed by atoms with Gasteiger partial charge in [-0.25, -0.2) is 9.78 Å². The number of carbonyl (C=O) groups is 1. The Kier molecular flexibility index (Phi) is 7.09. The Morgan fingerprint density at radius 2 is 1.58 bits per heavy atom. The molecule has 0 fully saturated rings. The lowest BCUT2D eigenvalue weighted by molar-refractivity contribution is 0.262. The summed E-state index contributed by atoms with van der Waals surface area (Å²) >= 11 is 15.8. The zero-order valence-corrected chi connectivity index (χ0v) is 21.8. The van der Waals surface area contributed by atoms with Crippen LogP contribution in [-0.4, -0.2) is 20.6 Å². The van der Waals surface area contributed by atoms with Crippen molar-refractivity contribution in [2.75, 3.05) is 16.0 Å². The zero-order valence-electron chi connectivity index (χ0n) is 18.7. The van der Waals surface area contributed by atoms with E-state index in [4.69, 9.17) is 28.2 Å². The lowest BCUT2D eigenvalue weighted by Gasteiger charge is -2.12. The van der Waals surface area contributed by atoms with Gasteiger partial charge in [-0.05, 0) is 64.0 Å². The fourth-order valence-corrected chi connectivity index (χ4v) is 4.30. The first-order chi connectivity index (χ1) is 17.5. The molecule has 0 bridgehead atoms. The van der Waals surface area contributed by atoms with Crippen LogP contribution in [0.4, 0.5) is 22.0 Å². The second-order valence-electron chi connectivity index (χ2n) is 7.87. The number of hydrogen-bond acceptors (Lipinski definition) is 4. The van der Waals surface area contributed by atoms with E-state index < -0.39 is 0 Å². The second kappa shape index (κ2) is 10.6. The number of nitrogens with one attached hydrogen (secondary N) is 3. The Morgan fingerprint density at radius 1 is 0.917 bits per heavy atom. The molecule has 2 amide bonds. The highest BCUT2D eigenvalue weighted by Crippen LogP contribution is 2.30. The maximum Gasteiger partial charge on any atom is 0.323 e. The van der Waals surface area contributed by atoms with Gasteiger partial charge < -0.3 is 16.0 Å². The van der Waals surface area contributed by atoms with Crippen LogP contribution in [0.3, 0.4) is 0 Å². The van der Waals surface area contributed by atoms with Gasteiger partial charge in [0.1, 0.15) is 5.82 Å². The Hall–Kier alpha value is -3.59. The summed E-state index contributed by atoms with van der Waals surface area (Å²) in [6.45, 7) is 0.538. The molecule has 5 aromatic rings. The number of aromatic nitrogens is 3. The molecule has 0 aliphatic carbocycles. The number of rotatable bonds is 6. The Bertz CT molecular complexity index is 1540. The van der Waals surface area contributed by atoms with Gasteiger partial charge in [-0.2, -0.15) is 9.61 Å². The van der Waals surface area contributed by atoms with Gasteiger partial charge in [-0.15, -0.1) is 0 Å². The number of hydrogen-bond donors (Lipinski definition) is 3. The maximum atomic E-state index is 12.3. The van der Waals surface area contributed by atoms with Crippen LogP contribution in [0.2, 0.25) is 10.0 Å². The largest absolute Gasteiger partial charge is 0.366 e. The Labute approximate surface area is 225 Å². The summed E-state index contributed by atoms with van der Waals surface area (Å²) < 4.78 is 2.52. The topological polar surface area (TPSA) is 83.4 Å². The molecule has 3 aromatic carbocycles. The molecule has 0 saturated heterocycles. The minimum absolute atomic E-state index is 0.335. The number of halogens is 3. The summed E-state index contributed by atoms with van der Waals surface area (Å²) in [5.74, 6) is 0.769. The number of urea groups is 1. The average molecular weight is 582 g/mol. The first-order valence-electron chi connectivity index (χ1n) is 10.9. The number of nitrogens with zero attached hydrogens (tertiary/aromatic N) is 3. The molecule has 0 aliphatic rings. The van der Waals surface area contributed by atoms with E-state index in [1.165, 1.54) is 0 Å². The van der Waals surface area contributed by atoms with Crippen molar-refractivity contribution in [1.29, 1.82) is 0 Å². The molecule has 10 heteroatoms. The van der Waals surface area contributed by atoms with Crippen LogP contribution in [0.15, 0.2) is 89.5 Å². The molecule has 180 valence electrons. The average Bonchev–Trinajstić information content (AvgIpc) is 3.26. The van der Waals surface area contributed by atoms with Gasteiger partial charge in [-0.1, -0.05) is 53.5 Å². The third kappa shape index (κ3) is 5.46. The molecule has 0 saturated carbocycles. The minimum atomic E-state index is -0.335. The molecule has 2 heterocycles.